The molecule has 158 valence electrons. The van der Waals surface area contributed by atoms with Crippen LogP contribution < -0.4 is 10.6 Å². The zero-order chi connectivity index (χ0) is 21.3. The van der Waals surface area contributed by atoms with Gasteiger partial charge in [0.05, 0.1) is 30.9 Å². The minimum Gasteiger partial charge on any atom is -0.463 e. The molecule has 0 aromatic carbocycles. The molecule has 2 aliphatic heterocycles. The van der Waals surface area contributed by atoms with Gasteiger partial charge in [-0.3, -0.25) is 4.90 Å². The summed E-state index contributed by atoms with van der Waals surface area (Å²) < 4.78 is 16.5. The summed E-state index contributed by atoms with van der Waals surface area (Å²) in [4.78, 5) is 38.7. The van der Waals surface area contributed by atoms with Crippen molar-refractivity contribution in [2.24, 2.45) is 0 Å². The molecule has 3 amide bonds. The van der Waals surface area contributed by atoms with Gasteiger partial charge in [-0.15, -0.1) is 0 Å². The van der Waals surface area contributed by atoms with E-state index in [1.54, 1.807) is 48.5 Å². The summed E-state index contributed by atoms with van der Waals surface area (Å²) in [6.07, 6.45) is -0.208. The molecule has 0 aliphatic carbocycles. The van der Waals surface area contributed by atoms with Crippen molar-refractivity contribution in [1.29, 1.82) is 0 Å². The van der Waals surface area contributed by atoms with Crippen LogP contribution in [0, 0.1) is 0 Å². The van der Waals surface area contributed by atoms with Crippen LogP contribution in [0.3, 0.4) is 0 Å². The first-order valence-electron chi connectivity index (χ1n) is 9.47. The van der Waals surface area contributed by atoms with Crippen molar-refractivity contribution in [2.75, 3.05) is 13.2 Å². The number of hydrogen-bond acceptors (Lipinski definition) is 6. The maximum atomic E-state index is 12.8. The molecule has 0 saturated carbocycles. The molecule has 2 heterocycles. The number of allylic oxidation sites excluding steroid dienone is 1. The minimum atomic E-state index is -0.868. The number of rotatable bonds is 4. The lowest BCUT2D eigenvalue weighted by Gasteiger charge is -2.37. The molecule has 9 nitrogen and oxygen atoms in total. The van der Waals surface area contributed by atoms with E-state index in [2.05, 4.69) is 10.6 Å². The van der Waals surface area contributed by atoms with Crippen LogP contribution >= 0.6 is 0 Å². The predicted octanol–water partition coefficient (Wildman–Crippen LogP) is 2.27. The fourth-order valence-corrected chi connectivity index (χ4v) is 3.46. The number of carbonyl (C=O) groups excluding carboxylic acids is 3. The third kappa shape index (κ3) is 4.95. The summed E-state index contributed by atoms with van der Waals surface area (Å²) in [6, 6.07) is -1.40. The molecule has 0 unspecified atom stereocenters. The van der Waals surface area contributed by atoms with Crippen molar-refractivity contribution in [1.82, 2.24) is 15.5 Å². The predicted molar refractivity (Wildman–Crippen MR) is 101 cm³/mol. The van der Waals surface area contributed by atoms with Gasteiger partial charge in [0.2, 0.25) is 0 Å². The number of esters is 1. The van der Waals surface area contributed by atoms with Crippen LogP contribution in [0.2, 0.25) is 0 Å². The fourth-order valence-electron chi connectivity index (χ4n) is 3.46. The monoisotopic (exact) mass is 397 g/mol. The van der Waals surface area contributed by atoms with E-state index in [4.69, 9.17) is 14.2 Å². The Labute approximate surface area is 165 Å². The average molecular weight is 397 g/mol. The largest absolute Gasteiger partial charge is 0.463 e. The first-order chi connectivity index (χ1) is 12.9. The van der Waals surface area contributed by atoms with Crippen LogP contribution in [0.5, 0.6) is 0 Å². The Balaban J connectivity index is 2.27. The molecule has 2 N–H and O–H groups in total. The van der Waals surface area contributed by atoms with Gasteiger partial charge in [-0.05, 0) is 54.9 Å². The van der Waals surface area contributed by atoms with Gasteiger partial charge in [0.1, 0.15) is 11.3 Å². The highest BCUT2D eigenvalue weighted by atomic mass is 16.6. The maximum Gasteiger partial charge on any atom is 0.412 e. The van der Waals surface area contributed by atoms with Crippen LogP contribution in [0.1, 0.15) is 54.9 Å². The van der Waals surface area contributed by atoms with Gasteiger partial charge in [0, 0.05) is 5.70 Å². The van der Waals surface area contributed by atoms with Crippen molar-refractivity contribution >= 4 is 18.1 Å². The summed E-state index contributed by atoms with van der Waals surface area (Å²) in [5, 5.41) is 5.35. The molecule has 2 rings (SSSR count). The van der Waals surface area contributed by atoms with Gasteiger partial charge in [0.25, 0.3) is 0 Å². The third-order valence-corrected chi connectivity index (χ3v) is 4.53. The van der Waals surface area contributed by atoms with Gasteiger partial charge < -0.3 is 24.8 Å². The van der Waals surface area contributed by atoms with Crippen LogP contribution in [0.15, 0.2) is 11.3 Å². The number of nitrogens with one attached hydrogen (secondary N) is 2. The molecule has 9 heteroatoms. The average Bonchev–Trinajstić information content (AvgIpc) is 2.79. The highest BCUT2D eigenvalue weighted by Gasteiger charge is 2.47. The Bertz CT molecular complexity index is 680. The normalized spacial score (nSPS) is 24.5. The molecule has 0 aromatic rings. The highest BCUT2D eigenvalue weighted by Crippen LogP contribution is 2.33. The number of amides is 3. The maximum absolute atomic E-state index is 12.8. The molecular formula is C19H31N3O6. The van der Waals surface area contributed by atoms with E-state index in [1.165, 1.54) is 4.90 Å². The molecule has 28 heavy (non-hydrogen) atoms. The SMILES string of the molecule is CCOC(=O)C1=C(C)NC(=O)N[C@@H]1C[C@H]1COC(C)(C)N1C(=O)OC(C)(C)C. The lowest BCUT2D eigenvalue weighted by molar-refractivity contribution is -0.139. The molecule has 0 spiro atoms. The summed E-state index contributed by atoms with van der Waals surface area (Å²) >= 11 is 0. The zero-order valence-corrected chi connectivity index (χ0v) is 17.7. The first-order valence-corrected chi connectivity index (χ1v) is 9.47. The zero-order valence-electron chi connectivity index (χ0n) is 17.7. The number of urea groups is 1. The lowest BCUT2D eigenvalue weighted by atomic mass is 9.95. The molecule has 1 fully saturated rings. The Morgan fingerprint density at radius 2 is 1.96 bits per heavy atom. The number of carbonyl (C=O) groups is 3. The summed E-state index contributed by atoms with van der Waals surface area (Å²) in [7, 11) is 0. The smallest absolute Gasteiger partial charge is 0.412 e. The third-order valence-electron chi connectivity index (χ3n) is 4.53. The van der Waals surface area contributed by atoms with E-state index in [0.717, 1.165) is 0 Å². The van der Waals surface area contributed by atoms with Gasteiger partial charge in [0.15, 0.2) is 0 Å². The number of hydrogen-bond donors (Lipinski definition) is 2. The molecular weight excluding hydrogens is 366 g/mol. The Morgan fingerprint density at radius 3 is 2.54 bits per heavy atom. The van der Waals surface area contributed by atoms with Crippen molar-refractivity contribution in [3.05, 3.63) is 11.3 Å². The molecule has 2 atom stereocenters. The van der Waals surface area contributed by atoms with Crippen LogP contribution in [0.4, 0.5) is 9.59 Å². The highest BCUT2D eigenvalue weighted by molar-refractivity contribution is 5.94. The second-order valence-corrected chi connectivity index (χ2v) is 8.41. The molecule has 2 aliphatic rings. The van der Waals surface area contributed by atoms with Gasteiger partial charge in [-0.2, -0.15) is 0 Å². The summed E-state index contributed by atoms with van der Waals surface area (Å²) in [5.74, 6) is -0.500. The number of nitrogens with zero attached hydrogens (tertiary/aromatic N) is 1. The topological polar surface area (TPSA) is 106 Å². The van der Waals surface area contributed by atoms with Gasteiger partial charge >= 0.3 is 18.1 Å². The van der Waals surface area contributed by atoms with Crippen LogP contribution in [-0.2, 0) is 19.0 Å². The van der Waals surface area contributed by atoms with Gasteiger partial charge in [-0.25, -0.2) is 14.4 Å². The molecule has 1 saturated heterocycles. The van der Waals surface area contributed by atoms with E-state index in [-0.39, 0.29) is 19.3 Å². The Hall–Kier alpha value is -2.29. The van der Waals surface area contributed by atoms with E-state index < -0.39 is 35.5 Å². The first kappa shape index (κ1) is 22.0. The van der Waals surface area contributed by atoms with E-state index in [9.17, 15) is 14.4 Å². The lowest BCUT2D eigenvalue weighted by Crippen LogP contribution is -2.55. The summed E-state index contributed by atoms with van der Waals surface area (Å²) in [6.45, 7) is 12.8. The standard InChI is InChI=1S/C19H31N3O6/c1-8-26-15(23)14-11(2)20-16(24)21-13(14)9-12-10-27-19(6,7)22(12)17(25)28-18(3,4)5/h12-13H,8-10H2,1-7H3,(H2,20,21,24)/t12-,13+/m0/s1. The quantitative estimate of drug-likeness (QED) is 0.705. The minimum absolute atomic E-state index is 0.222. The Kier molecular flexibility index (Phi) is 6.27. The number of ether oxygens (including phenoxy) is 3. The fraction of sp³-hybridized carbons (Fsp3) is 0.737. The van der Waals surface area contributed by atoms with Crippen molar-refractivity contribution in [3.63, 3.8) is 0 Å². The van der Waals surface area contributed by atoms with E-state index in [1.807, 2.05) is 0 Å². The van der Waals surface area contributed by atoms with Crippen molar-refractivity contribution in [3.8, 4) is 0 Å². The second kappa shape index (κ2) is 7.98. The van der Waals surface area contributed by atoms with E-state index in [0.29, 0.717) is 17.7 Å². The van der Waals surface area contributed by atoms with Crippen molar-refractivity contribution in [2.45, 2.75) is 78.3 Å². The molecule has 0 bridgehead atoms. The molecule has 0 radical (unpaired) electrons. The second-order valence-electron chi connectivity index (χ2n) is 8.41. The van der Waals surface area contributed by atoms with E-state index >= 15 is 0 Å². The van der Waals surface area contributed by atoms with Crippen LogP contribution in [-0.4, -0.2) is 59.6 Å². The van der Waals surface area contributed by atoms with Gasteiger partial charge in [-0.1, -0.05) is 0 Å². The van der Waals surface area contributed by atoms with Crippen LogP contribution in [0.25, 0.3) is 0 Å². The molecule has 0 aromatic heterocycles. The Morgan fingerprint density at radius 1 is 1.32 bits per heavy atom. The summed E-state index contributed by atoms with van der Waals surface area (Å²) in [5.41, 5.74) is -0.743. The van der Waals surface area contributed by atoms with Crippen molar-refractivity contribution < 1.29 is 28.6 Å².